The molecule has 0 aromatic heterocycles. The minimum atomic E-state index is -2.49. The van der Waals surface area contributed by atoms with Crippen LogP contribution in [0.2, 0.25) is 0 Å². The van der Waals surface area contributed by atoms with Crippen molar-refractivity contribution in [2.45, 2.75) is 78.9 Å². The summed E-state index contributed by atoms with van der Waals surface area (Å²) >= 11 is 0. The first-order valence-electron chi connectivity index (χ1n) is 10.5. The third-order valence-corrected chi connectivity index (χ3v) is 6.27. The minimum Gasteiger partial charge on any atom is -0.394 e. The lowest BCUT2D eigenvalue weighted by molar-refractivity contribution is -0.399. The molecule has 3 heterocycles. The summed E-state index contributed by atoms with van der Waals surface area (Å²) in [5, 5.41) is 109. The Morgan fingerprint density at radius 2 is 1.09 bits per heavy atom. The maximum atomic E-state index is 10.7. The highest BCUT2D eigenvalue weighted by Gasteiger charge is 2.62. The number of aliphatic hydroxyl groups excluding tert-OH is 11. The molecule has 3 fully saturated rings. The average Bonchev–Trinajstić information content (AvgIpc) is 3.23. The van der Waals surface area contributed by atoms with Gasteiger partial charge in [0.05, 0.1) is 19.8 Å². The molecule has 0 radical (unpaired) electrons. The molecule has 16 heteroatoms. The molecular weight excluding hydrogens is 472 g/mol. The van der Waals surface area contributed by atoms with Gasteiger partial charge in [0.2, 0.25) is 11.6 Å². The molecule has 34 heavy (non-hydrogen) atoms. The van der Waals surface area contributed by atoms with Crippen LogP contribution in [0.25, 0.3) is 0 Å². The van der Waals surface area contributed by atoms with Gasteiger partial charge in [-0.1, -0.05) is 0 Å². The summed E-state index contributed by atoms with van der Waals surface area (Å²) in [6.07, 6.45) is -19.0. The molecule has 0 aliphatic carbocycles. The molecule has 3 aliphatic heterocycles. The van der Waals surface area contributed by atoms with Crippen LogP contribution >= 0.6 is 0 Å². The molecule has 13 atom stereocenters. The zero-order valence-corrected chi connectivity index (χ0v) is 17.8. The molecule has 0 aromatic rings. The van der Waals surface area contributed by atoms with Crippen molar-refractivity contribution in [2.24, 2.45) is 0 Å². The Balaban J connectivity index is 1.87. The molecule has 200 valence electrons. The standard InChI is InChI=1S/C18H32O16/c19-1-6-9(23)12(26)13(27)16(31-6)34-18(15(29)11(25)8(3-21)33-18)5-30-17(4-22)14(28)10(24)7(2-20)32-17/h6-16,19-29H,1-5H2/t6?,7-,8-,9+,10+,11+,12+,13?,14?,15?,16+,17-,18+/m1/s1. The molecule has 4 unspecified atom stereocenters. The van der Waals surface area contributed by atoms with Crippen LogP contribution in [-0.2, 0) is 23.7 Å². The van der Waals surface area contributed by atoms with Crippen molar-refractivity contribution in [3.63, 3.8) is 0 Å². The largest absolute Gasteiger partial charge is 0.394 e. The van der Waals surface area contributed by atoms with Crippen LogP contribution in [0.3, 0.4) is 0 Å². The summed E-state index contributed by atoms with van der Waals surface area (Å²) in [5.41, 5.74) is 0. The SMILES string of the molecule is OCC1O[C@@H](O[C@]2(CO[C@]3(CO)O[C@H](CO)[C@H](O)C3O)O[C@H](CO)[C@H](O)C2O)C(O)[C@@H](O)[C@H]1O. The van der Waals surface area contributed by atoms with Crippen molar-refractivity contribution < 1.29 is 79.9 Å². The Bertz CT molecular complexity index is 668. The van der Waals surface area contributed by atoms with Gasteiger partial charge in [-0.15, -0.1) is 0 Å². The molecule has 16 nitrogen and oxygen atoms in total. The van der Waals surface area contributed by atoms with E-state index in [-0.39, 0.29) is 0 Å². The van der Waals surface area contributed by atoms with Gasteiger partial charge in [0.1, 0.15) is 74.3 Å². The summed E-state index contributed by atoms with van der Waals surface area (Å²) < 4.78 is 26.9. The Labute approximate surface area is 192 Å². The molecule has 3 rings (SSSR count). The Kier molecular flexibility index (Phi) is 8.85. The van der Waals surface area contributed by atoms with Gasteiger partial charge in [0, 0.05) is 0 Å². The van der Waals surface area contributed by atoms with Crippen molar-refractivity contribution >= 4 is 0 Å². The fourth-order valence-electron chi connectivity index (χ4n) is 4.14. The van der Waals surface area contributed by atoms with E-state index in [0.29, 0.717) is 0 Å². The lowest BCUT2D eigenvalue weighted by Gasteiger charge is -2.44. The minimum absolute atomic E-state index is 0.750. The highest BCUT2D eigenvalue weighted by Crippen LogP contribution is 2.39. The highest BCUT2D eigenvalue weighted by atomic mass is 16.8. The molecule has 0 saturated carbocycles. The first kappa shape index (κ1) is 27.9. The van der Waals surface area contributed by atoms with E-state index < -0.39 is 112 Å². The van der Waals surface area contributed by atoms with Crippen molar-refractivity contribution in [1.82, 2.24) is 0 Å². The fraction of sp³-hybridized carbons (Fsp3) is 1.00. The van der Waals surface area contributed by atoms with Crippen LogP contribution in [-0.4, -0.2) is 168 Å². The van der Waals surface area contributed by atoms with Gasteiger partial charge in [-0.3, -0.25) is 0 Å². The summed E-state index contributed by atoms with van der Waals surface area (Å²) in [7, 11) is 0. The lowest BCUT2D eigenvalue weighted by atomic mass is 9.99. The van der Waals surface area contributed by atoms with E-state index in [0.717, 1.165) is 0 Å². The molecule has 0 spiro atoms. The molecule has 11 N–H and O–H groups in total. The van der Waals surface area contributed by atoms with Crippen molar-refractivity contribution in [3.05, 3.63) is 0 Å². The number of rotatable bonds is 9. The van der Waals surface area contributed by atoms with Crippen LogP contribution in [0.15, 0.2) is 0 Å². The third kappa shape index (κ3) is 4.71. The molecule has 3 saturated heterocycles. The molecule has 0 aromatic carbocycles. The zero-order chi connectivity index (χ0) is 25.4. The predicted octanol–water partition coefficient (Wildman–Crippen LogP) is -7.57. The third-order valence-electron chi connectivity index (χ3n) is 6.27. The van der Waals surface area contributed by atoms with Crippen LogP contribution in [0.5, 0.6) is 0 Å². The van der Waals surface area contributed by atoms with Crippen molar-refractivity contribution in [3.8, 4) is 0 Å². The maximum Gasteiger partial charge on any atom is 0.224 e. The van der Waals surface area contributed by atoms with Crippen LogP contribution in [0.4, 0.5) is 0 Å². The second kappa shape index (κ2) is 10.8. The van der Waals surface area contributed by atoms with E-state index in [1.54, 1.807) is 0 Å². The zero-order valence-electron chi connectivity index (χ0n) is 17.8. The monoisotopic (exact) mass is 504 g/mol. The molecule has 0 bridgehead atoms. The highest BCUT2D eigenvalue weighted by molar-refractivity contribution is 5.01. The molecule has 3 aliphatic rings. The van der Waals surface area contributed by atoms with Crippen LogP contribution < -0.4 is 0 Å². The van der Waals surface area contributed by atoms with Gasteiger partial charge in [0.15, 0.2) is 6.29 Å². The number of aliphatic hydroxyl groups is 11. The first-order valence-corrected chi connectivity index (χ1v) is 10.5. The maximum absolute atomic E-state index is 10.7. The van der Waals surface area contributed by atoms with Gasteiger partial charge in [0.25, 0.3) is 0 Å². The average molecular weight is 504 g/mol. The van der Waals surface area contributed by atoms with E-state index in [9.17, 15) is 56.2 Å². The van der Waals surface area contributed by atoms with E-state index in [4.69, 9.17) is 23.7 Å². The van der Waals surface area contributed by atoms with E-state index in [1.165, 1.54) is 0 Å². The van der Waals surface area contributed by atoms with Crippen LogP contribution in [0.1, 0.15) is 0 Å². The second-order valence-electron chi connectivity index (χ2n) is 8.43. The Morgan fingerprint density at radius 1 is 0.588 bits per heavy atom. The normalized spacial score (nSPS) is 51.8. The number of hydrogen-bond acceptors (Lipinski definition) is 16. The smallest absolute Gasteiger partial charge is 0.224 e. The number of hydrogen-bond donors (Lipinski definition) is 11. The topological polar surface area (TPSA) is 269 Å². The predicted molar refractivity (Wildman–Crippen MR) is 101 cm³/mol. The summed E-state index contributed by atoms with van der Waals surface area (Å²) in [6, 6.07) is 0. The Hall–Kier alpha value is -0.640. The molecular formula is C18H32O16. The molecule has 0 amide bonds. The summed E-state index contributed by atoms with van der Waals surface area (Å²) in [4.78, 5) is 0. The number of ether oxygens (including phenoxy) is 5. The summed E-state index contributed by atoms with van der Waals surface area (Å²) in [5.74, 6) is -4.84. The van der Waals surface area contributed by atoms with Gasteiger partial charge < -0.3 is 79.9 Å². The van der Waals surface area contributed by atoms with Crippen LogP contribution in [0, 0.1) is 0 Å². The van der Waals surface area contributed by atoms with E-state index in [1.807, 2.05) is 0 Å². The summed E-state index contributed by atoms with van der Waals surface area (Å²) in [6.45, 7) is -4.40. The lowest BCUT2D eigenvalue weighted by Crippen LogP contribution is -2.63. The van der Waals surface area contributed by atoms with Gasteiger partial charge >= 0.3 is 0 Å². The first-order chi connectivity index (χ1) is 16.0. The Morgan fingerprint density at radius 3 is 1.56 bits per heavy atom. The van der Waals surface area contributed by atoms with E-state index in [2.05, 4.69) is 0 Å². The van der Waals surface area contributed by atoms with Gasteiger partial charge in [-0.05, 0) is 0 Å². The van der Waals surface area contributed by atoms with Gasteiger partial charge in [-0.25, -0.2) is 0 Å². The van der Waals surface area contributed by atoms with Crippen molar-refractivity contribution in [2.75, 3.05) is 33.0 Å². The quantitative estimate of drug-likeness (QED) is 0.139. The fourth-order valence-corrected chi connectivity index (χ4v) is 4.14. The van der Waals surface area contributed by atoms with Gasteiger partial charge in [-0.2, -0.15) is 0 Å². The van der Waals surface area contributed by atoms with E-state index >= 15 is 0 Å². The van der Waals surface area contributed by atoms with Crippen molar-refractivity contribution in [1.29, 1.82) is 0 Å². The second-order valence-corrected chi connectivity index (χ2v) is 8.43.